The van der Waals surface area contributed by atoms with Gasteiger partial charge >= 0.3 is 5.97 Å². The van der Waals surface area contributed by atoms with Gasteiger partial charge in [0.25, 0.3) is 0 Å². The summed E-state index contributed by atoms with van der Waals surface area (Å²) in [5, 5.41) is 27.4. The van der Waals surface area contributed by atoms with Crippen LogP contribution in [0.25, 0.3) is 0 Å². The Hall–Kier alpha value is -0.950. The van der Waals surface area contributed by atoms with Crippen molar-refractivity contribution in [2.75, 3.05) is 39.8 Å². The second-order valence-electron chi connectivity index (χ2n) is 5.26. The van der Waals surface area contributed by atoms with E-state index in [4.69, 9.17) is 9.84 Å². The molecule has 6 nitrogen and oxygen atoms in total. The van der Waals surface area contributed by atoms with E-state index in [1.807, 2.05) is 6.08 Å². The number of nitrogens with zero attached hydrogens (tertiary/aromatic N) is 1. The van der Waals surface area contributed by atoms with Crippen molar-refractivity contribution < 1.29 is 29.3 Å². The van der Waals surface area contributed by atoms with Gasteiger partial charge in [0.2, 0.25) is 0 Å². The molecule has 0 unspecified atom stereocenters. The zero-order valence-corrected chi connectivity index (χ0v) is 13.0. The Morgan fingerprint density at radius 3 is 2.43 bits per heavy atom. The van der Waals surface area contributed by atoms with Crippen LogP contribution in [0, 0.1) is 0 Å². The molecule has 124 valence electrons. The van der Waals surface area contributed by atoms with Crippen molar-refractivity contribution in [3.63, 3.8) is 0 Å². The summed E-state index contributed by atoms with van der Waals surface area (Å²) in [6.45, 7) is 3.05. The van der Waals surface area contributed by atoms with Gasteiger partial charge in [0, 0.05) is 0 Å². The predicted molar refractivity (Wildman–Crippen MR) is 80.5 cm³/mol. The third-order valence-corrected chi connectivity index (χ3v) is 3.47. The molecular weight excluding hydrogens is 274 g/mol. The van der Waals surface area contributed by atoms with E-state index in [2.05, 4.69) is 13.0 Å². The quantitative estimate of drug-likeness (QED) is 0.195. The Morgan fingerprint density at radius 1 is 1.14 bits per heavy atom. The second-order valence-corrected chi connectivity index (χ2v) is 5.26. The van der Waals surface area contributed by atoms with Gasteiger partial charge in [0.1, 0.15) is 6.54 Å². The molecule has 0 radical (unpaired) electrons. The third kappa shape index (κ3) is 10.4. The summed E-state index contributed by atoms with van der Waals surface area (Å²) in [6, 6.07) is 0. The lowest BCUT2D eigenvalue weighted by Gasteiger charge is -2.33. The maximum atomic E-state index is 10.6. The van der Waals surface area contributed by atoms with Crippen molar-refractivity contribution in [1.29, 1.82) is 0 Å². The minimum atomic E-state index is -0.935. The number of allylic oxidation sites excluding steroid dienone is 1. The van der Waals surface area contributed by atoms with E-state index < -0.39 is 5.97 Å². The number of aliphatic hydroxyl groups is 2. The van der Waals surface area contributed by atoms with Gasteiger partial charge in [-0.1, -0.05) is 31.9 Å². The lowest BCUT2D eigenvalue weighted by molar-refractivity contribution is -0.961. The fourth-order valence-electron chi connectivity index (χ4n) is 1.88. The van der Waals surface area contributed by atoms with Gasteiger partial charge in [0.15, 0.2) is 13.5 Å². The summed E-state index contributed by atoms with van der Waals surface area (Å²) in [7, 11) is 0. The van der Waals surface area contributed by atoms with E-state index >= 15 is 0 Å². The van der Waals surface area contributed by atoms with Crippen LogP contribution in [0.15, 0.2) is 12.2 Å². The monoisotopic (exact) mass is 304 g/mol. The SMILES string of the molecule is CCCCC/C=C/COCC[N+](CO)(CO)CCC(=O)O. The molecule has 0 heterocycles. The molecule has 0 atom stereocenters. The zero-order valence-electron chi connectivity index (χ0n) is 13.0. The van der Waals surface area contributed by atoms with E-state index in [9.17, 15) is 15.0 Å². The predicted octanol–water partition coefficient (Wildman–Crippen LogP) is 1.33. The van der Waals surface area contributed by atoms with Gasteiger partial charge in [-0.25, -0.2) is 0 Å². The fraction of sp³-hybridized carbons (Fsp3) is 0.800. The van der Waals surface area contributed by atoms with E-state index in [-0.39, 0.29) is 30.9 Å². The van der Waals surface area contributed by atoms with E-state index in [0.717, 1.165) is 6.42 Å². The molecule has 0 bridgehead atoms. The first-order chi connectivity index (χ1) is 10.1. The van der Waals surface area contributed by atoms with Crippen LogP contribution in [-0.2, 0) is 9.53 Å². The van der Waals surface area contributed by atoms with Gasteiger partial charge < -0.3 is 20.1 Å². The van der Waals surface area contributed by atoms with Crippen LogP contribution >= 0.6 is 0 Å². The van der Waals surface area contributed by atoms with E-state index in [1.54, 1.807) is 0 Å². The van der Waals surface area contributed by atoms with Crippen molar-refractivity contribution in [3.05, 3.63) is 12.2 Å². The first-order valence-electron chi connectivity index (χ1n) is 7.61. The molecule has 0 fully saturated rings. The summed E-state index contributed by atoms with van der Waals surface area (Å²) >= 11 is 0. The summed E-state index contributed by atoms with van der Waals surface area (Å²) in [6.07, 6.45) is 8.68. The molecule has 6 heteroatoms. The van der Waals surface area contributed by atoms with Crippen LogP contribution < -0.4 is 0 Å². The van der Waals surface area contributed by atoms with E-state index in [1.165, 1.54) is 19.3 Å². The Morgan fingerprint density at radius 2 is 1.86 bits per heavy atom. The summed E-state index contributed by atoms with van der Waals surface area (Å²) in [4.78, 5) is 10.6. The Kier molecular flexibility index (Phi) is 12.2. The molecule has 0 aromatic carbocycles. The molecule has 0 rings (SSSR count). The maximum Gasteiger partial charge on any atom is 0.309 e. The normalized spacial score (nSPS) is 12.1. The highest BCUT2D eigenvalue weighted by molar-refractivity contribution is 5.66. The molecule has 0 aliphatic rings. The van der Waals surface area contributed by atoms with Crippen LogP contribution in [0.2, 0.25) is 0 Å². The Labute approximate surface area is 127 Å². The lowest BCUT2D eigenvalue weighted by atomic mass is 10.2. The van der Waals surface area contributed by atoms with Crippen LogP contribution in [0.5, 0.6) is 0 Å². The number of carboxylic acids is 1. The first-order valence-corrected chi connectivity index (χ1v) is 7.61. The van der Waals surface area contributed by atoms with Gasteiger partial charge in [-0.2, -0.15) is 0 Å². The number of unbranched alkanes of at least 4 members (excludes halogenated alkanes) is 3. The van der Waals surface area contributed by atoms with E-state index in [0.29, 0.717) is 19.8 Å². The fourth-order valence-corrected chi connectivity index (χ4v) is 1.88. The zero-order chi connectivity index (χ0) is 16.0. The first kappa shape index (κ1) is 20.1. The summed E-state index contributed by atoms with van der Waals surface area (Å²) in [5.74, 6) is -0.935. The Bertz CT molecular complexity index is 290. The molecule has 0 spiro atoms. The highest BCUT2D eigenvalue weighted by Crippen LogP contribution is 2.06. The van der Waals surface area contributed by atoms with Gasteiger partial charge in [-0.15, -0.1) is 0 Å². The summed E-state index contributed by atoms with van der Waals surface area (Å²) < 4.78 is 5.37. The van der Waals surface area contributed by atoms with Crippen molar-refractivity contribution >= 4 is 5.97 Å². The molecule has 0 saturated heterocycles. The van der Waals surface area contributed by atoms with Gasteiger partial charge in [0.05, 0.1) is 26.2 Å². The smallest absolute Gasteiger partial charge is 0.309 e. The molecule has 0 aromatic heterocycles. The van der Waals surface area contributed by atoms with Crippen LogP contribution in [-0.4, -0.2) is 65.5 Å². The standard InChI is InChI=1S/C15H29NO5/c1-2-3-4-5-6-7-11-21-12-10-16(13-17,14-18)9-8-15(19)20/h6-7,17-18H,2-5,8-14H2,1H3/p+1/b7-6+. The van der Waals surface area contributed by atoms with Crippen molar-refractivity contribution in [2.45, 2.75) is 39.0 Å². The average molecular weight is 304 g/mol. The summed E-state index contributed by atoms with van der Waals surface area (Å²) in [5.41, 5.74) is 0. The third-order valence-electron chi connectivity index (χ3n) is 3.47. The molecule has 21 heavy (non-hydrogen) atoms. The number of hydrogen-bond donors (Lipinski definition) is 3. The molecule has 0 aliphatic carbocycles. The van der Waals surface area contributed by atoms with Crippen LogP contribution in [0.1, 0.15) is 39.0 Å². The van der Waals surface area contributed by atoms with Gasteiger partial charge in [-0.3, -0.25) is 9.28 Å². The Balaban J connectivity index is 3.85. The van der Waals surface area contributed by atoms with Crippen molar-refractivity contribution in [3.8, 4) is 0 Å². The van der Waals surface area contributed by atoms with Crippen molar-refractivity contribution in [2.24, 2.45) is 0 Å². The lowest BCUT2D eigenvalue weighted by Crippen LogP contribution is -2.52. The van der Waals surface area contributed by atoms with Crippen LogP contribution in [0.3, 0.4) is 0 Å². The number of aliphatic hydroxyl groups excluding tert-OH is 2. The number of ether oxygens (including phenoxy) is 1. The molecule has 3 N–H and O–H groups in total. The number of carbonyl (C=O) groups is 1. The second kappa shape index (κ2) is 12.8. The number of aliphatic carboxylic acids is 1. The number of quaternary nitrogens is 1. The van der Waals surface area contributed by atoms with Crippen molar-refractivity contribution in [1.82, 2.24) is 0 Å². The molecule has 0 aromatic rings. The molecule has 0 amide bonds. The molecular formula is C15H30NO5+. The highest BCUT2D eigenvalue weighted by atomic mass is 16.5. The number of carboxylic acid groups (broad SMARTS) is 1. The average Bonchev–Trinajstić information content (AvgIpc) is 2.49. The number of rotatable bonds is 14. The molecule has 0 aliphatic heterocycles. The molecule has 0 saturated carbocycles. The van der Waals surface area contributed by atoms with Gasteiger partial charge in [-0.05, 0) is 12.8 Å². The maximum absolute atomic E-state index is 10.6. The minimum absolute atomic E-state index is 0.0630. The van der Waals surface area contributed by atoms with Crippen LogP contribution in [0.4, 0.5) is 0 Å². The minimum Gasteiger partial charge on any atom is -0.481 e. The highest BCUT2D eigenvalue weighted by Gasteiger charge is 2.26. The topological polar surface area (TPSA) is 87.0 Å². The largest absolute Gasteiger partial charge is 0.481 e. The number of hydrogen-bond acceptors (Lipinski definition) is 4.